The van der Waals surface area contributed by atoms with Crippen molar-refractivity contribution in [3.05, 3.63) is 23.5 Å². The van der Waals surface area contributed by atoms with Crippen LogP contribution in [0.15, 0.2) is 18.5 Å². The summed E-state index contributed by atoms with van der Waals surface area (Å²) in [6, 6.07) is 2.24. The fraction of sp³-hybridized carbons (Fsp3) is 0.545. The van der Waals surface area contributed by atoms with Crippen molar-refractivity contribution in [3.63, 3.8) is 0 Å². The number of nitrogens with two attached hydrogens (primary N) is 1. The zero-order valence-corrected chi connectivity index (χ0v) is 9.96. The lowest BCUT2D eigenvalue weighted by Gasteiger charge is -2.23. The van der Waals surface area contributed by atoms with E-state index in [0.29, 0.717) is 23.5 Å². The first kappa shape index (κ1) is 12.3. The van der Waals surface area contributed by atoms with E-state index in [1.165, 1.54) is 0 Å². The molecule has 1 aromatic rings. The van der Waals surface area contributed by atoms with Crippen LogP contribution in [0.4, 0.5) is 5.69 Å². The minimum atomic E-state index is 0.356. The molecule has 0 saturated heterocycles. The molecule has 1 rings (SSSR count). The van der Waals surface area contributed by atoms with Gasteiger partial charge in [-0.1, -0.05) is 25.4 Å². The van der Waals surface area contributed by atoms with Crippen LogP contribution in [-0.2, 0) is 0 Å². The molecule has 0 aromatic carbocycles. The number of anilines is 1. The predicted octanol–water partition coefficient (Wildman–Crippen LogP) is 2.52. The van der Waals surface area contributed by atoms with Gasteiger partial charge in [0.25, 0.3) is 0 Å². The van der Waals surface area contributed by atoms with Crippen LogP contribution >= 0.6 is 11.6 Å². The highest BCUT2D eigenvalue weighted by atomic mass is 35.5. The average Bonchev–Trinajstić information content (AvgIpc) is 2.20. The van der Waals surface area contributed by atoms with Gasteiger partial charge in [0, 0.05) is 18.4 Å². The molecule has 15 heavy (non-hydrogen) atoms. The van der Waals surface area contributed by atoms with Crippen LogP contribution in [0.25, 0.3) is 0 Å². The standard InChI is InChI=1S/C11H18ClN3/c1-8(2)10(3-5-13)15-11-4-6-14-7-9(11)12/h4,6-8,10H,3,5,13H2,1-2H3,(H,14,15). The Labute approximate surface area is 96.0 Å². The molecule has 84 valence electrons. The second-order valence-corrected chi connectivity index (χ2v) is 4.33. The molecular formula is C11H18ClN3. The van der Waals surface area contributed by atoms with Gasteiger partial charge in [-0.2, -0.15) is 0 Å². The highest BCUT2D eigenvalue weighted by Crippen LogP contribution is 2.22. The third-order valence-corrected chi connectivity index (χ3v) is 2.70. The van der Waals surface area contributed by atoms with E-state index < -0.39 is 0 Å². The summed E-state index contributed by atoms with van der Waals surface area (Å²) < 4.78 is 0. The van der Waals surface area contributed by atoms with Gasteiger partial charge in [0.15, 0.2) is 0 Å². The van der Waals surface area contributed by atoms with Gasteiger partial charge >= 0.3 is 0 Å². The van der Waals surface area contributed by atoms with Crippen molar-refractivity contribution in [1.82, 2.24) is 4.98 Å². The number of aromatic nitrogens is 1. The van der Waals surface area contributed by atoms with Crippen LogP contribution in [0.2, 0.25) is 5.02 Å². The van der Waals surface area contributed by atoms with Gasteiger partial charge < -0.3 is 11.1 Å². The molecule has 0 saturated carbocycles. The van der Waals surface area contributed by atoms with Crippen LogP contribution in [0.1, 0.15) is 20.3 Å². The Morgan fingerprint density at radius 3 is 2.80 bits per heavy atom. The van der Waals surface area contributed by atoms with Gasteiger partial charge in [-0.05, 0) is 24.9 Å². The van der Waals surface area contributed by atoms with Crippen molar-refractivity contribution in [2.45, 2.75) is 26.3 Å². The fourth-order valence-corrected chi connectivity index (χ4v) is 1.62. The maximum Gasteiger partial charge on any atom is 0.0820 e. The van der Waals surface area contributed by atoms with Crippen LogP contribution in [0.5, 0.6) is 0 Å². The minimum Gasteiger partial charge on any atom is -0.381 e. The quantitative estimate of drug-likeness (QED) is 0.813. The van der Waals surface area contributed by atoms with Gasteiger partial charge in [0.1, 0.15) is 0 Å². The monoisotopic (exact) mass is 227 g/mol. The molecule has 0 fully saturated rings. The third-order valence-electron chi connectivity index (χ3n) is 2.40. The number of nitrogens with one attached hydrogen (secondary N) is 1. The van der Waals surface area contributed by atoms with E-state index in [9.17, 15) is 0 Å². The van der Waals surface area contributed by atoms with Crippen molar-refractivity contribution in [1.29, 1.82) is 0 Å². The van der Waals surface area contributed by atoms with E-state index in [-0.39, 0.29) is 0 Å². The summed E-state index contributed by atoms with van der Waals surface area (Å²) in [5.74, 6) is 0.526. The van der Waals surface area contributed by atoms with Crippen LogP contribution < -0.4 is 11.1 Å². The van der Waals surface area contributed by atoms with Crippen molar-refractivity contribution < 1.29 is 0 Å². The Morgan fingerprint density at radius 2 is 2.27 bits per heavy atom. The first-order chi connectivity index (χ1) is 7.15. The van der Waals surface area contributed by atoms with Gasteiger partial charge in [-0.25, -0.2) is 0 Å². The summed E-state index contributed by atoms with van der Waals surface area (Å²) >= 11 is 6.02. The molecule has 1 atom stereocenters. The largest absolute Gasteiger partial charge is 0.381 e. The lowest BCUT2D eigenvalue weighted by Crippen LogP contribution is -2.28. The molecular weight excluding hydrogens is 210 g/mol. The van der Waals surface area contributed by atoms with E-state index in [2.05, 4.69) is 24.1 Å². The zero-order chi connectivity index (χ0) is 11.3. The Morgan fingerprint density at radius 1 is 1.53 bits per heavy atom. The molecule has 1 aromatic heterocycles. The first-order valence-electron chi connectivity index (χ1n) is 5.21. The number of rotatable bonds is 5. The lowest BCUT2D eigenvalue weighted by atomic mass is 10.0. The molecule has 0 bridgehead atoms. The number of hydrogen-bond acceptors (Lipinski definition) is 3. The highest BCUT2D eigenvalue weighted by molar-refractivity contribution is 6.33. The Balaban J connectivity index is 2.69. The molecule has 0 radical (unpaired) electrons. The predicted molar refractivity (Wildman–Crippen MR) is 65.2 cm³/mol. The van der Waals surface area contributed by atoms with Crippen LogP contribution in [-0.4, -0.2) is 17.6 Å². The Kier molecular flexibility index (Phi) is 4.85. The molecule has 1 unspecified atom stereocenters. The van der Waals surface area contributed by atoms with Crippen molar-refractivity contribution in [2.24, 2.45) is 11.7 Å². The fourth-order valence-electron chi connectivity index (χ4n) is 1.44. The van der Waals surface area contributed by atoms with Gasteiger partial charge in [-0.15, -0.1) is 0 Å². The van der Waals surface area contributed by atoms with E-state index in [0.717, 1.165) is 12.1 Å². The summed E-state index contributed by atoms with van der Waals surface area (Å²) in [6.45, 7) is 5.02. The molecule has 0 spiro atoms. The summed E-state index contributed by atoms with van der Waals surface area (Å²) in [6.07, 6.45) is 4.31. The van der Waals surface area contributed by atoms with Gasteiger partial charge in [0.2, 0.25) is 0 Å². The molecule has 1 heterocycles. The second-order valence-electron chi connectivity index (χ2n) is 3.93. The molecule has 4 heteroatoms. The lowest BCUT2D eigenvalue weighted by molar-refractivity contribution is 0.499. The molecule has 0 aliphatic carbocycles. The van der Waals surface area contributed by atoms with Gasteiger partial charge in [0.05, 0.1) is 10.7 Å². The first-order valence-corrected chi connectivity index (χ1v) is 5.59. The Bertz CT molecular complexity index is 302. The topological polar surface area (TPSA) is 50.9 Å². The summed E-state index contributed by atoms with van der Waals surface area (Å²) in [4.78, 5) is 3.95. The zero-order valence-electron chi connectivity index (χ0n) is 9.20. The maximum absolute atomic E-state index is 6.02. The molecule has 3 N–H and O–H groups in total. The van der Waals surface area contributed by atoms with Crippen molar-refractivity contribution in [3.8, 4) is 0 Å². The van der Waals surface area contributed by atoms with Crippen molar-refractivity contribution in [2.75, 3.05) is 11.9 Å². The van der Waals surface area contributed by atoms with Crippen molar-refractivity contribution >= 4 is 17.3 Å². The van der Waals surface area contributed by atoms with Crippen LogP contribution in [0.3, 0.4) is 0 Å². The number of pyridine rings is 1. The third kappa shape index (κ3) is 3.68. The van der Waals surface area contributed by atoms with E-state index in [4.69, 9.17) is 17.3 Å². The summed E-state index contributed by atoms with van der Waals surface area (Å²) in [5.41, 5.74) is 6.50. The van der Waals surface area contributed by atoms with Crippen LogP contribution in [0, 0.1) is 5.92 Å². The number of halogens is 1. The molecule has 3 nitrogen and oxygen atoms in total. The minimum absolute atomic E-state index is 0.356. The highest BCUT2D eigenvalue weighted by Gasteiger charge is 2.13. The average molecular weight is 228 g/mol. The maximum atomic E-state index is 6.02. The summed E-state index contributed by atoms with van der Waals surface area (Å²) in [5, 5.41) is 4.05. The SMILES string of the molecule is CC(C)C(CCN)Nc1ccncc1Cl. The number of nitrogens with zero attached hydrogens (tertiary/aromatic N) is 1. The molecule has 0 aliphatic heterocycles. The molecule has 0 aliphatic rings. The van der Waals surface area contributed by atoms with Gasteiger partial charge in [-0.3, -0.25) is 4.98 Å². The summed E-state index contributed by atoms with van der Waals surface area (Å²) in [7, 11) is 0. The Hall–Kier alpha value is -0.800. The number of hydrogen-bond donors (Lipinski definition) is 2. The normalized spacial score (nSPS) is 12.9. The second kappa shape index (κ2) is 5.93. The van der Waals surface area contributed by atoms with E-state index in [1.807, 2.05) is 6.07 Å². The molecule has 0 amide bonds. The van der Waals surface area contributed by atoms with E-state index in [1.54, 1.807) is 12.4 Å². The van der Waals surface area contributed by atoms with E-state index >= 15 is 0 Å². The smallest absolute Gasteiger partial charge is 0.0820 e.